The third kappa shape index (κ3) is 5.59. The van der Waals surface area contributed by atoms with E-state index in [1.165, 1.54) is 17.0 Å². The van der Waals surface area contributed by atoms with Crippen molar-refractivity contribution in [3.8, 4) is 0 Å². The Morgan fingerprint density at radius 2 is 1.69 bits per heavy atom. The maximum absolute atomic E-state index is 13.9. The molecule has 0 unspecified atom stereocenters. The minimum atomic E-state index is -0.571. The first-order valence-electron chi connectivity index (χ1n) is 13.1. The van der Waals surface area contributed by atoms with Gasteiger partial charge in [0.05, 0.1) is 24.3 Å². The van der Waals surface area contributed by atoms with Gasteiger partial charge in [-0.1, -0.05) is 12.1 Å². The number of carbonyl (C=O) groups is 3. The molecule has 2 fully saturated rings. The molecule has 2 atom stereocenters. The number of rotatable bonds is 5. The zero-order valence-electron chi connectivity index (χ0n) is 22.3. The van der Waals surface area contributed by atoms with E-state index in [1.807, 2.05) is 29.5 Å². The average Bonchev–Trinajstić information content (AvgIpc) is 3.25. The molecule has 2 aromatic carbocycles. The monoisotopic (exact) mass is 646 g/mol. The van der Waals surface area contributed by atoms with Crippen molar-refractivity contribution in [1.82, 2.24) is 19.3 Å². The number of Topliss-reactive ketones (excluding diaryl/α,β-unsaturated/α-hetero) is 1. The lowest BCUT2D eigenvalue weighted by molar-refractivity contribution is -0.130. The lowest BCUT2D eigenvalue weighted by Gasteiger charge is -2.44. The van der Waals surface area contributed by atoms with Gasteiger partial charge in [0.15, 0.2) is 0 Å². The molecule has 0 saturated carbocycles. The Hall–Kier alpha value is -2.83. The van der Waals surface area contributed by atoms with Crippen LogP contribution in [-0.4, -0.2) is 88.3 Å². The fraction of sp³-hybridized carbons (Fsp3) is 0.414. The van der Waals surface area contributed by atoms with E-state index in [-0.39, 0.29) is 23.8 Å². The molecule has 0 bridgehead atoms. The lowest BCUT2D eigenvalue weighted by atomic mass is 10.0. The third-order valence-electron chi connectivity index (χ3n) is 7.72. The number of aromatic nitrogens is 1. The molecule has 2 amide bonds. The summed E-state index contributed by atoms with van der Waals surface area (Å²) < 4.78 is 21.3. The van der Waals surface area contributed by atoms with Gasteiger partial charge in [-0.05, 0) is 66.3 Å². The van der Waals surface area contributed by atoms with E-state index in [0.717, 1.165) is 14.7 Å². The van der Waals surface area contributed by atoms with E-state index in [4.69, 9.17) is 4.74 Å². The number of piperazine rings is 1. The first-order chi connectivity index (χ1) is 18.6. The van der Waals surface area contributed by atoms with Gasteiger partial charge in [-0.3, -0.25) is 19.3 Å². The summed E-state index contributed by atoms with van der Waals surface area (Å²) in [6.07, 6.45) is 1.68. The number of nitrogens with zero attached hydrogens (tertiary/aromatic N) is 4. The van der Waals surface area contributed by atoms with Crippen molar-refractivity contribution in [2.75, 3.05) is 39.4 Å². The number of amides is 2. The largest absolute Gasteiger partial charge is 0.378 e. The molecule has 206 valence electrons. The fourth-order valence-corrected chi connectivity index (χ4v) is 6.13. The van der Waals surface area contributed by atoms with E-state index in [2.05, 4.69) is 34.4 Å². The highest BCUT2D eigenvalue weighted by Gasteiger charge is 2.34. The van der Waals surface area contributed by atoms with E-state index in [0.29, 0.717) is 62.5 Å². The molecule has 3 heterocycles. The predicted molar refractivity (Wildman–Crippen MR) is 154 cm³/mol. The van der Waals surface area contributed by atoms with Crippen LogP contribution in [0.3, 0.4) is 0 Å². The van der Waals surface area contributed by atoms with Crippen molar-refractivity contribution in [1.29, 1.82) is 0 Å². The van der Waals surface area contributed by atoms with E-state index < -0.39 is 11.7 Å². The van der Waals surface area contributed by atoms with Gasteiger partial charge in [-0.25, -0.2) is 4.39 Å². The van der Waals surface area contributed by atoms with E-state index in [1.54, 1.807) is 24.4 Å². The summed E-state index contributed by atoms with van der Waals surface area (Å²) in [5, 5.41) is 0.600. The summed E-state index contributed by atoms with van der Waals surface area (Å²) in [7, 11) is 1.83. The summed E-state index contributed by atoms with van der Waals surface area (Å²) in [5.41, 5.74) is 2.65. The summed E-state index contributed by atoms with van der Waals surface area (Å²) >= 11 is 2.17. The van der Waals surface area contributed by atoms with Crippen molar-refractivity contribution in [2.24, 2.45) is 7.05 Å². The third-order valence-corrected chi connectivity index (χ3v) is 8.61. The minimum Gasteiger partial charge on any atom is -0.378 e. The maximum atomic E-state index is 13.9. The molecule has 39 heavy (non-hydrogen) atoms. The van der Waals surface area contributed by atoms with Gasteiger partial charge in [-0.2, -0.15) is 0 Å². The Labute approximate surface area is 240 Å². The normalized spacial score (nSPS) is 20.4. The van der Waals surface area contributed by atoms with Gasteiger partial charge in [0.1, 0.15) is 5.82 Å². The van der Waals surface area contributed by atoms with Crippen LogP contribution in [0.15, 0.2) is 42.6 Å². The number of fused-ring (bicyclic) bond motifs is 1. The highest BCUT2D eigenvalue weighted by Crippen LogP contribution is 2.29. The molecule has 0 N–H and O–H groups in total. The van der Waals surface area contributed by atoms with Crippen molar-refractivity contribution in [3.63, 3.8) is 0 Å². The second kappa shape index (κ2) is 11.3. The maximum Gasteiger partial charge on any atom is 0.295 e. The number of halogens is 2. The van der Waals surface area contributed by atoms with Gasteiger partial charge in [-0.15, -0.1) is 0 Å². The highest BCUT2D eigenvalue weighted by molar-refractivity contribution is 14.1. The predicted octanol–water partition coefficient (Wildman–Crippen LogP) is 3.70. The fourth-order valence-electron chi connectivity index (χ4n) is 5.45. The standard InChI is InChI=1S/C29H32FIN4O4/c1-18-15-35(19(2)14-34(18)16-20-4-6-21(30)7-5-20)28(37)23-12-22-24(17-32(3)26(22)13-25(23)31)27(36)29(38)33-8-10-39-11-9-33/h4-7,12-13,17-19H,8-11,14-16H2,1-3H3/t18-,19+/m0/s1. The van der Waals surface area contributed by atoms with Crippen LogP contribution in [0.1, 0.15) is 40.1 Å². The Balaban J connectivity index is 1.38. The molecule has 2 aliphatic heterocycles. The van der Waals surface area contributed by atoms with Crippen molar-refractivity contribution < 1.29 is 23.5 Å². The first-order valence-corrected chi connectivity index (χ1v) is 14.2. The molecule has 0 radical (unpaired) electrons. The number of aryl methyl sites for hydroxylation is 1. The number of hydrogen-bond acceptors (Lipinski definition) is 5. The molecule has 1 aromatic heterocycles. The number of hydrogen-bond donors (Lipinski definition) is 0. The molecule has 5 rings (SSSR count). The van der Waals surface area contributed by atoms with Crippen LogP contribution in [0, 0.1) is 9.39 Å². The second-order valence-corrected chi connectivity index (χ2v) is 11.6. The van der Waals surface area contributed by atoms with Gasteiger partial charge in [0.2, 0.25) is 0 Å². The molecular formula is C29H32FIN4O4. The molecule has 8 nitrogen and oxygen atoms in total. The average molecular weight is 647 g/mol. The van der Waals surface area contributed by atoms with E-state index in [9.17, 15) is 18.8 Å². The van der Waals surface area contributed by atoms with Gasteiger partial charge in [0.25, 0.3) is 17.6 Å². The Kier molecular flexibility index (Phi) is 8.06. The van der Waals surface area contributed by atoms with Crippen LogP contribution in [-0.2, 0) is 23.1 Å². The number of ether oxygens (including phenoxy) is 1. The second-order valence-electron chi connectivity index (χ2n) is 10.4. The molecule has 2 aliphatic rings. The lowest BCUT2D eigenvalue weighted by Crippen LogP contribution is -2.57. The van der Waals surface area contributed by atoms with Crippen molar-refractivity contribution >= 4 is 51.1 Å². The number of carbonyl (C=O) groups excluding carboxylic acids is 3. The molecule has 0 aliphatic carbocycles. The van der Waals surface area contributed by atoms with Crippen molar-refractivity contribution in [2.45, 2.75) is 32.5 Å². The van der Waals surface area contributed by atoms with E-state index >= 15 is 0 Å². The topological polar surface area (TPSA) is 75.1 Å². The molecule has 0 spiro atoms. The number of ketones is 1. The quantitative estimate of drug-likeness (QED) is 0.240. The first kappa shape index (κ1) is 27.7. The van der Waals surface area contributed by atoms with Crippen LogP contribution >= 0.6 is 22.6 Å². The molecule has 3 aromatic rings. The van der Waals surface area contributed by atoms with Gasteiger partial charge < -0.3 is 19.1 Å². The van der Waals surface area contributed by atoms with Crippen LogP contribution in [0.4, 0.5) is 4.39 Å². The van der Waals surface area contributed by atoms with Crippen molar-refractivity contribution in [3.05, 3.63) is 68.7 Å². The Bertz CT molecular complexity index is 1420. The molecular weight excluding hydrogens is 614 g/mol. The highest BCUT2D eigenvalue weighted by atomic mass is 127. The number of benzene rings is 2. The van der Waals surface area contributed by atoms with Gasteiger partial charge >= 0.3 is 0 Å². The smallest absolute Gasteiger partial charge is 0.295 e. The number of morpholine rings is 1. The zero-order valence-corrected chi connectivity index (χ0v) is 24.5. The minimum absolute atomic E-state index is 0.0413. The molecule has 2 saturated heterocycles. The summed E-state index contributed by atoms with van der Waals surface area (Å²) in [5.74, 6) is -1.46. The Morgan fingerprint density at radius 1 is 1.00 bits per heavy atom. The van der Waals surface area contributed by atoms with Crippen LogP contribution in [0.25, 0.3) is 10.9 Å². The summed E-state index contributed by atoms with van der Waals surface area (Å²) in [4.78, 5) is 45.8. The summed E-state index contributed by atoms with van der Waals surface area (Å²) in [6.45, 7) is 7.65. The van der Waals surface area contributed by atoms with Crippen LogP contribution < -0.4 is 0 Å². The van der Waals surface area contributed by atoms with Crippen LogP contribution in [0.5, 0.6) is 0 Å². The molecule has 10 heteroatoms. The van der Waals surface area contributed by atoms with Gasteiger partial charge in [0, 0.05) is 72.5 Å². The zero-order chi connectivity index (χ0) is 27.8. The summed E-state index contributed by atoms with van der Waals surface area (Å²) in [6, 6.07) is 10.3. The Morgan fingerprint density at radius 3 is 2.38 bits per heavy atom. The SMILES string of the molecule is C[C@@H]1CN(Cc2ccc(F)cc2)[C@@H](C)CN1C(=O)c1cc2c(C(=O)C(=O)N3CCOCC3)cn(C)c2cc1I. The van der Waals surface area contributed by atoms with Crippen LogP contribution in [0.2, 0.25) is 0 Å².